The molecular formula is C21H24BrN2O2+. The normalized spacial score (nSPS) is 22.5. The molecule has 0 spiro atoms. The summed E-state index contributed by atoms with van der Waals surface area (Å²) in [7, 11) is 1.66. The van der Waals surface area contributed by atoms with E-state index < -0.39 is 5.72 Å². The van der Waals surface area contributed by atoms with Crippen LogP contribution in [0.3, 0.4) is 0 Å². The summed E-state index contributed by atoms with van der Waals surface area (Å²) in [6, 6.07) is 16.2. The topological polar surface area (TPSA) is 35.7 Å². The second-order valence-electron chi connectivity index (χ2n) is 7.05. The number of methoxy groups -OCH3 is 1. The molecule has 4 nitrogen and oxygen atoms in total. The smallest absolute Gasteiger partial charge is 0.270 e. The monoisotopic (exact) mass is 415 g/mol. The first-order chi connectivity index (χ1) is 12.6. The van der Waals surface area contributed by atoms with Crippen LogP contribution in [-0.4, -0.2) is 40.6 Å². The minimum atomic E-state index is -0.975. The lowest BCUT2D eigenvalue weighted by molar-refractivity contribution is -0.550. The van der Waals surface area contributed by atoms with Gasteiger partial charge in [0, 0.05) is 16.5 Å². The lowest BCUT2D eigenvalue weighted by atomic mass is 9.99. The Morgan fingerprint density at radius 2 is 1.85 bits per heavy atom. The average molecular weight is 416 g/mol. The number of rotatable bonds is 4. The average Bonchev–Trinajstić information content (AvgIpc) is 2.97. The van der Waals surface area contributed by atoms with Gasteiger partial charge in [0.15, 0.2) is 6.54 Å². The van der Waals surface area contributed by atoms with E-state index in [-0.39, 0.29) is 0 Å². The van der Waals surface area contributed by atoms with E-state index in [1.54, 1.807) is 7.11 Å². The van der Waals surface area contributed by atoms with Gasteiger partial charge in [-0.15, -0.1) is 0 Å². The summed E-state index contributed by atoms with van der Waals surface area (Å²) in [5.41, 5.74) is 1.21. The number of halogens is 1. The molecule has 2 aromatic rings. The molecule has 26 heavy (non-hydrogen) atoms. The van der Waals surface area contributed by atoms with Gasteiger partial charge in [-0.25, -0.2) is 4.90 Å². The van der Waals surface area contributed by atoms with Crippen LogP contribution in [0.1, 0.15) is 30.4 Å². The maximum atomic E-state index is 11.6. The molecular weight excluding hydrogens is 392 g/mol. The van der Waals surface area contributed by atoms with Crippen molar-refractivity contribution < 1.29 is 14.4 Å². The number of benzene rings is 2. The molecule has 0 radical (unpaired) electrons. The van der Waals surface area contributed by atoms with Gasteiger partial charge in [0.25, 0.3) is 5.72 Å². The third kappa shape index (κ3) is 3.14. The highest BCUT2D eigenvalue weighted by molar-refractivity contribution is 9.10. The maximum absolute atomic E-state index is 11.6. The number of ether oxygens (including phenoxy) is 1. The number of nitrogens with zero attached hydrogens (tertiary/aromatic N) is 2. The molecule has 4 rings (SSSR count). The van der Waals surface area contributed by atoms with Gasteiger partial charge in [-0.3, -0.25) is 4.58 Å². The number of aliphatic hydroxyl groups is 1. The largest absolute Gasteiger partial charge is 0.497 e. The summed E-state index contributed by atoms with van der Waals surface area (Å²) in [4.78, 5) is 2.21. The molecule has 1 N–H and O–H groups in total. The maximum Gasteiger partial charge on any atom is 0.270 e. The van der Waals surface area contributed by atoms with Crippen molar-refractivity contribution in [3.63, 3.8) is 0 Å². The van der Waals surface area contributed by atoms with Gasteiger partial charge < -0.3 is 9.84 Å². The van der Waals surface area contributed by atoms with Gasteiger partial charge in [0.1, 0.15) is 12.3 Å². The van der Waals surface area contributed by atoms with Crippen LogP contribution in [0.15, 0.2) is 53.0 Å². The van der Waals surface area contributed by atoms with E-state index in [0.717, 1.165) is 41.7 Å². The van der Waals surface area contributed by atoms with Crippen molar-refractivity contribution in [2.24, 2.45) is 0 Å². The van der Waals surface area contributed by atoms with E-state index in [2.05, 4.69) is 49.7 Å². The van der Waals surface area contributed by atoms with E-state index in [1.165, 1.54) is 17.8 Å². The Morgan fingerprint density at radius 1 is 1.12 bits per heavy atom. The zero-order valence-electron chi connectivity index (χ0n) is 15.0. The Bertz CT molecular complexity index is 817. The summed E-state index contributed by atoms with van der Waals surface area (Å²) in [5.74, 6) is 2.07. The summed E-state index contributed by atoms with van der Waals surface area (Å²) >= 11 is 3.50. The molecule has 2 aliphatic heterocycles. The molecule has 136 valence electrons. The SMILES string of the molecule is COc1ccc([C@]2(O)C[N+](Cc3ccc(Br)cc3)=C3CCCCN32)cc1. The van der Waals surface area contributed by atoms with Gasteiger partial charge in [0.2, 0.25) is 5.84 Å². The van der Waals surface area contributed by atoms with E-state index in [1.807, 2.05) is 24.3 Å². The van der Waals surface area contributed by atoms with Crippen molar-refractivity contribution in [2.45, 2.75) is 31.5 Å². The van der Waals surface area contributed by atoms with Crippen molar-refractivity contribution in [2.75, 3.05) is 20.2 Å². The van der Waals surface area contributed by atoms with Gasteiger partial charge in [-0.1, -0.05) is 28.1 Å². The lowest BCUT2D eigenvalue weighted by Gasteiger charge is -2.31. The predicted octanol–water partition coefficient (Wildman–Crippen LogP) is 3.71. The van der Waals surface area contributed by atoms with Crippen molar-refractivity contribution in [1.82, 2.24) is 4.90 Å². The van der Waals surface area contributed by atoms with Crippen molar-refractivity contribution >= 4 is 21.8 Å². The molecule has 2 heterocycles. The predicted molar refractivity (Wildman–Crippen MR) is 105 cm³/mol. The second kappa shape index (κ2) is 7.05. The van der Waals surface area contributed by atoms with Gasteiger partial charge in [0.05, 0.1) is 13.7 Å². The Morgan fingerprint density at radius 3 is 2.54 bits per heavy atom. The Labute approximate surface area is 162 Å². The van der Waals surface area contributed by atoms with Crippen LogP contribution in [0.2, 0.25) is 0 Å². The molecule has 0 aromatic heterocycles. The Kier molecular flexibility index (Phi) is 4.76. The molecule has 2 aliphatic rings. The van der Waals surface area contributed by atoms with Gasteiger partial charge >= 0.3 is 0 Å². The van der Waals surface area contributed by atoms with Crippen LogP contribution >= 0.6 is 15.9 Å². The van der Waals surface area contributed by atoms with Crippen molar-refractivity contribution in [3.05, 3.63) is 64.1 Å². The van der Waals surface area contributed by atoms with E-state index in [0.29, 0.717) is 6.54 Å². The van der Waals surface area contributed by atoms with Crippen LogP contribution in [0.4, 0.5) is 0 Å². The summed E-state index contributed by atoms with van der Waals surface area (Å²) in [5, 5.41) is 11.6. The fourth-order valence-electron chi connectivity index (χ4n) is 4.05. The quantitative estimate of drug-likeness (QED) is 0.772. The minimum absolute atomic E-state index is 0.588. The van der Waals surface area contributed by atoms with Crippen LogP contribution in [0, 0.1) is 0 Å². The number of piperidine rings is 1. The third-order valence-electron chi connectivity index (χ3n) is 5.41. The molecule has 2 aromatic carbocycles. The fourth-order valence-corrected chi connectivity index (χ4v) is 4.31. The van der Waals surface area contributed by atoms with Crippen molar-refractivity contribution in [3.8, 4) is 5.75 Å². The Hall–Kier alpha value is -1.85. The highest BCUT2D eigenvalue weighted by atomic mass is 79.9. The highest BCUT2D eigenvalue weighted by Crippen LogP contribution is 2.36. The van der Waals surface area contributed by atoms with Crippen molar-refractivity contribution in [1.29, 1.82) is 0 Å². The molecule has 0 aliphatic carbocycles. The molecule has 1 fully saturated rings. The molecule has 5 heteroatoms. The zero-order chi connectivity index (χ0) is 18.1. The third-order valence-corrected chi connectivity index (χ3v) is 5.93. The Balaban J connectivity index is 1.65. The zero-order valence-corrected chi connectivity index (χ0v) is 16.6. The van der Waals surface area contributed by atoms with Crippen LogP contribution in [0.25, 0.3) is 0 Å². The van der Waals surface area contributed by atoms with E-state index >= 15 is 0 Å². The molecule has 1 saturated heterocycles. The van der Waals surface area contributed by atoms with Crippen LogP contribution in [-0.2, 0) is 12.3 Å². The molecule has 0 saturated carbocycles. The summed E-state index contributed by atoms with van der Waals surface area (Å²) in [6.07, 6.45) is 3.32. The molecule has 1 atom stereocenters. The van der Waals surface area contributed by atoms with E-state index in [4.69, 9.17) is 4.74 Å². The standard InChI is InChI=1S/C21H24BrN2O2/c1-26-19-11-7-17(8-12-19)21(25)15-23(20-4-2-3-13-24(20)21)14-16-5-9-18(22)10-6-16/h5-12,25H,2-4,13-15H2,1H3/q+1/t21-/m1/s1. The number of hydrogen-bond donors (Lipinski definition) is 1. The van der Waals surface area contributed by atoms with Crippen LogP contribution < -0.4 is 4.74 Å². The van der Waals surface area contributed by atoms with E-state index in [9.17, 15) is 5.11 Å². The number of hydrogen-bond acceptors (Lipinski definition) is 3. The summed E-state index contributed by atoms with van der Waals surface area (Å²) in [6.45, 7) is 2.30. The number of fused-ring (bicyclic) bond motifs is 1. The molecule has 0 amide bonds. The molecule has 0 bridgehead atoms. The van der Waals surface area contributed by atoms with Crippen LogP contribution in [0.5, 0.6) is 5.75 Å². The lowest BCUT2D eigenvalue weighted by Crippen LogP contribution is -2.48. The fraction of sp³-hybridized carbons (Fsp3) is 0.381. The number of amidine groups is 1. The second-order valence-corrected chi connectivity index (χ2v) is 7.97. The molecule has 0 unspecified atom stereocenters. The van der Waals surface area contributed by atoms with Gasteiger partial charge in [-0.05, 0) is 54.8 Å². The first-order valence-corrected chi connectivity index (χ1v) is 9.89. The first-order valence-electron chi connectivity index (χ1n) is 9.10. The minimum Gasteiger partial charge on any atom is -0.497 e. The van der Waals surface area contributed by atoms with Gasteiger partial charge in [-0.2, -0.15) is 0 Å². The summed E-state index contributed by atoms with van der Waals surface area (Å²) < 4.78 is 8.69. The number of β-amino-alcohol motifs (C(OH)–C–C–N with tert-alkyl or cyclic N) is 1. The highest BCUT2D eigenvalue weighted by Gasteiger charge is 2.53. The first kappa shape index (κ1) is 17.6.